The Morgan fingerprint density at radius 1 is 1.47 bits per heavy atom. The number of amides is 1. The number of nitrogens with two attached hydrogens (primary N) is 1. The molecule has 5 nitrogen and oxygen atoms in total. The Bertz CT molecular complexity index is 511. The van der Waals surface area contributed by atoms with Crippen molar-refractivity contribution < 1.29 is 14.3 Å². The van der Waals surface area contributed by atoms with E-state index in [1.54, 1.807) is 23.1 Å². The highest BCUT2D eigenvalue weighted by Crippen LogP contribution is 2.33. The molecule has 102 valence electrons. The van der Waals surface area contributed by atoms with Gasteiger partial charge in [0.1, 0.15) is 5.75 Å². The number of Topliss-reactive ketones (excluding diaryl/α,β-unsaturated/α-hetero) is 1. The second-order valence-electron chi connectivity index (χ2n) is 5.00. The van der Waals surface area contributed by atoms with Crippen LogP contribution >= 0.6 is 0 Å². The lowest BCUT2D eigenvalue weighted by atomic mass is 10.1. The zero-order chi connectivity index (χ0) is 14.0. The first kappa shape index (κ1) is 13.5. The first-order chi connectivity index (χ1) is 9.02. The highest BCUT2D eigenvalue weighted by molar-refractivity contribution is 6.02. The Balaban J connectivity index is 2.40. The zero-order valence-electron chi connectivity index (χ0n) is 11.2. The maximum absolute atomic E-state index is 11.9. The number of carbonyl (C=O) groups is 2. The van der Waals surface area contributed by atoms with E-state index in [1.165, 1.54) is 0 Å². The Morgan fingerprint density at radius 2 is 2.21 bits per heavy atom. The van der Waals surface area contributed by atoms with Crippen molar-refractivity contribution in [1.29, 1.82) is 0 Å². The number of hydrogen-bond acceptors (Lipinski definition) is 4. The summed E-state index contributed by atoms with van der Waals surface area (Å²) >= 11 is 0. The van der Waals surface area contributed by atoms with Gasteiger partial charge in [-0.05, 0) is 24.1 Å². The van der Waals surface area contributed by atoms with Crippen molar-refractivity contribution in [3.8, 4) is 5.75 Å². The fourth-order valence-electron chi connectivity index (χ4n) is 2.06. The van der Waals surface area contributed by atoms with E-state index in [4.69, 9.17) is 10.5 Å². The molecule has 0 atom stereocenters. The first-order valence-corrected chi connectivity index (χ1v) is 6.33. The minimum absolute atomic E-state index is 0.0439. The number of ketones is 1. The second kappa shape index (κ2) is 5.40. The third kappa shape index (κ3) is 2.76. The van der Waals surface area contributed by atoms with Crippen molar-refractivity contribution in [2.24, 2.45) is 11.7 Å². The SMILES string of the molecule is CC(C)CN1C(=O)COc2ccc(C(=O)CN)cc21. The van der Waals surface area contributed by atoms with Gasteiger partial charge in [-0.25, -0.2) is 0 Å². The summed E-state index contributed by atoms with van der Waals surface area (Å²) in [6.07, 6.45) is 0. The van der Waals surface area contributed by atoms with Crippen LogP contribution < -0.4 is 15.4 Å². The molecular formula is C14H18N2O3. The molecule has 0 aliphatic carbocycles. The van der Waals surface area contributed by atoms with Gasteiger partial charge < -0.3 is 15.4 Å². The van der Waals surface area contributed by atoms with Crippen molar-refractivity contribution in [2.75, 3.05) is 24.6 Å². The van der Waals surface area contributed by atoms with E-state index in [2.05, 4.69) is 0 Å². The van der Waals surface area contributed by atoms with Crippen molar-refractivity contribution in [3.05, 3.63) is 23.8 Å². The van der Waals surface area contributed by atoms with Gasteiger partial charge in [0.15, 0.2) is 12.4 Å². The number of fused-ring (bicyclic) bond motifs is 1. The smallest absolute Gasteiger partial charge is 0.265 e. The van der Waals surface area contributed by atoms with Gasteiger partial charge in [-0.15, -0.1) is 0 Å². The summed E-state index contributed by atoms with van der Waals surface area (Å²) in [5, 5.41) is 0. The van der Waals surface area contributed by atoms with Gasteiger partial charge in [-0.2, -0.15) is 0 Å². The average Bonchev–Trinajstić information content (AvgIpc) is 2.40. The molecule has 0 spiro atoms. The molecule has 5 heteroatoms. The molecule has 0 saturated carbocycles. The highest BCUT2D eigenvalue weighted by atomic mass is 16.5. The van der Waals surface area contributed by atoms with Crippen molar-refractivity contribution in [2.45, 2.75) is 13.8 Å². The molecule has 1 aliphatic rings. The predicted octanol–water partition coefficient (Wildman–Crippen LogP) is 1.21. The Morgan fingerprint density at radius 3 is 2.84 bits per heavy atom. The molecule has 0 bridgehead atoms. The van der Waals surface area contributed by atoms with Crippen LogP contribution in [0.25, 0.3) is 0 Å². The van der Waals surface area contributed by atoms with Gasteiger partial charge in [0.05, 0.1) is 12.2 Å². The number of benzene rings is 1. The third-order valence-electron chi connectivity index (χ3n) is 2.96. The molecule has 19 heavy (non-hydrogen) atoms. The molecule has 1 aliphatic heterocycles. The van der Waals surface area contributed by atoms with Crippen LogP contribution in [0.4, 0.5) is 5.69 Å². The molecule has 0 radical (unpaired) electrons. The molecule has 1 heterocycles. The monoisotopic (exact) mass is 262 g/mol. The van der Waals surface area contributed by atoms with Crippen molar-refractivity contribution in [3.63, 3.8) is 0 Å². The molecule has 2 rings (SSSR count). The standard InChI is InChI=1S/C14H18N2O3/c1-9(2)7-16-11-5-10(12(17)6-15)3-4-13(11)19-8-14(16)18/h3-5,9H,6-8,15H2,1-2H3. The van der Waals surface area contributed by atoms with Gasteiger partial charge in [0.2, 0.25) is 0 Å². The maximum atomic E-state index is 11.9. The van der Waals surface area contributed by atoms with Crippen LogP contribution in [0.5, 0.6) is 5.75 Å². The van der Waals surface area contributed by atoms with Gasteiger partial charge in [-0.3, -0.25) is 9.59 Å². The zero-order valence-corrected chi connectivity index (χ0v) is 11.2. The third-order valence-corrected chi connectivity index (χ3v) is 2.96. The molecule has 2 N–H and O–H groups in total. The predicted molar refractivity (Wildman–Crippen MR) is 72.5 cm³/mol. The van der Waals surface area contributed by atoms with Crippen molar-refractivity contribution >= 4 is 17.4 Å². The van der Waals surface area contributed by atoms with Gasteiger partial charge in [0, 0.05) is 12.1 Å². The van der Waals surface area contributed by atoms with Crippen LogP contribution in [-0.4, -0.2) is 31.4 Å². The van der Waals surface area contributed by atoms with Gasteiger partial charge in [-0.1, -0.05) is 13.8 Å². The molecule has 1 aromatic carbocycles. The summed E-state index contributed by atoms with van der Waals surface area (Å²) in [5.41, 5.74) is 6.53. The summed E-state index contributed by atoms with van der Waals surface area (Å²) in [6.45, 7) is 4.69. The second-order valence-corrected chi connectivity index (χ2v) is 5.00. The first-order valence-electron chi connectivity index (χ1n) is 6.33. The van der Waals surface area contributed by atoms with E-state index in [9.17, 15) is 9.59 Å². The number of hydrogen-bond donors (Lipinski definition) is 1. The maximum Gasteiger partial charge on any atom is 0.265 e. The molecule has 1 amide bonds. The quantitative estimate of drug-likeness (QED) is 0.828. The average molecular weight is 262 g/mol. The minimum Gasteiger partial charge on any atom is -0.482 e. The number of anilines is 1. The Kier molecular flexibility index (Phi) is 3.85. The van der Waals surface area contributed by atoms with E-state index in [-0.39, 0.29) is 24.8 Å². The van der Waals surface area contributed by atoms with Crippen LogP contribution in [0.3, 0.4) is 0 Å². The molecule has 0 fully saturated rings. The van der Waals surface area contributed by atoms with Crippen LogP contribution in [-0.2, 0) is 4.79 Å². The van der Waals surface area contributed by atoms with Gasteiger partial charge >= 0.3 is 0 Å². The fraction of sp³-hybridized carbons (Fsp3) is 0.429. The Labute approximate surface area is 112 Å². The highest BCUT2D eigenvalue weighted by Gasteiger charge is 2.26. The van der Waals surface area contributed by atoms with E-state index < -0.39 is 0 Å². The summed E-state index contributed by atoms with van der Waals surface area (Å²) in [5.74, 6) is 0.737. The summed E-state index contributed by atoms with van der Waals surface area (Å²) in [6, 6.07) is 5.08. The lowest BCUT2D eigenvalue weighted by Crippen LogP contribution is -2.41. The van der Waals surface area contributed by atoms with Crippen LogP contribution in [0.2, 0.25) is 0 Å². The molecule has 0 saturated heterocycles. The van der Waals surface area contributed by atoms with E-state index in [0.717, 1.165) is 0 Å². The number of rotatable bonds is 4. The summed E-state index contributed by atoms with van der Waals surface area (Å²) in [7, 11) is 0. The van der Waals surface area contributed by atoms with E-state index in [1.807, 2.05) is 13.8 Å². The van der Waals surface area contributed by atoms with E-state index >= 15 is 0 Å². The largest absolute Gasteiger partial charge is 0.482 e. The molecule has 0 unspecified atom stereocenters. The number of carbonyl (C=O) groups excluding carboxylic acids is 2. The van der Waals surface area contributed by atoms with Gasteiger partial charge in [0.25, 0.3) is 5.91 Å². The van der Waals surface area contributed by atoms with E-state index in [0.29, 0.717) is 29.5 Å². The molecular weight excluding hydrogens is 244 g/mol. The summed E-state index contributed by atoms with van der Waals surface area (Å²) < 4.78 is 5.38. The normalized spacial score (nSPS) is 14.3. The number of nitrogens with zero attached hydrogens (tertiary/aromatic N) is 1. The minimum atomic E-state index is -0.148. The van der Waals surface area contributed by atoms with Crippen LogP contribution in [0.15, 0.2) is 18.2 Å². The molecule has 1 aromatic rings. The van der Waals surface area contributed by atoms with Crippen LogP contribution in [0, 0.1) is 5.92 Å². The lowest BCUT2D eigenvalue weighted by Gasteiger charge is -2.31. The van der Waals surface area contributed by atoms with Crippen LogP contribution in [0.1, 0.15) is 24.2 Å². The Hall–Kier alpha value is -1.88. The van der Waals surface area contributed by atoms with Crippen molar-refractivity contribution in [1.82, 2.24) is 0 Å². The molecule has 0 aromatic heterocycles. The lowest BCUT2D eigenvalue weighted by molar-refractivity contribution is -0.121. The topological polar surface area (TPSA) is 72.6 Å². The fourth-order valence-corrected chi connectivity index (χ4v) is 2.06. The number of ether oxygens (including phenoxy) is 1. The summed E-state index contributed by atoms with van der Waals surface area (Å²) in [4.78, 5) is 25.3.